The summed E-state index contributed by atoms with van der Waals surface area (Å²) in [6, 6.07) is 8.00. The van der Waals surface area contributed by atoms with E-state index < -0.39 is 0 Å². The van der Waals surface area contributed by atoms with Crippen LogP contribution in [0.3, 0.4) is 0 Å². The topological polar surface area (TPSA) is 26.3 Å². The largest absolute Gasteiger partial charge is 0.497 e. The molecular weight excluding hydrogens is 344 g/mol. The lowest BCUT2D eigenvalue weighted by molar-refractivity contribution is -0.114. The molecule has 0 aromatic heterocycles. The molecule has 1 aromatic rings. The molecule has 2 nitrogen and oxygen atoms in total. The maximum Gasteiger partial charge on any atom is 0.164 e. The highest BCUT2D eigenvalue weighted by Gasteiger charge is 2.37. The summed E-state index contributed by atoms with van der Waals surface area (Å²) in [7, 11) is 1.68. The first-order chi connectivity index (χ1) is 13.7. The molecule has 0 saturated heterocycles. The summed E-state index contributed by atoms with van der Waals surface area (Å²) in [4.78, 5) is 12.9. The molecule has 1 fully saturated rings. The molecule has 3 rings (SSSR count). The van der Waals surface area contributed by atoms with Gasteiger partial charge in [-0.1, -0.05) is 95.3 Å². The molecule has 0 radical (unpaired) electrons. The molecule has 0 heterocycles. The zero-order valence-electron chi connectivity index (χ0n) is 17.8. The van der Waals surface area contributed by atoms with E-state index in [9.17, 15) is 4.79 Å². The van der Waals surface area contributed by atoms with E-state index in [0.29, 0.717) is 12.2 Å². The number of rotatable bonds is 2. The molecule has 1 spiro atoms. The average molecular weight is 383 g/mol. The van der Waals surface area contributed by atoms with Gasteiger partial charge in [-0.2, -0.15) is 0 Å². The highest BCUT2D eigenvalue weighted by molar-refractivity contribution is 6.23. The zero-order chi connectivity index (χ0) is 19.7. The van der Waals surface area contributed by atoms with Gasteiger partial charge in [0.25, 0.3) is 0 Å². The van der Waals surface area contributed by atoms with Gasteiger partial charge in [-0.15, -0.1) is 0 Å². The summed E-state index contributed by atoms with van der Waals surface area (Å²) in [6.45, 7) is 0. The second kappa shape index (κ2) is 10.8. The second-order valence-corrected chi connectivity index (χ2v) is 8.99. The molecule has 0 unspecified atom stereocenters. The van der Waals surface area contributed by atoms with Crippen molar-refractivity contribution in [3.8, 4) is 5.75 Å². The van der Waals surface area contributed by atoms with E-state index in [1.54, 1.807) is 7.11 Å². The van der Waals surface area contributed by atoms with E-state index in [1.165, 1.54) is 89.9 Å². The van der Waals surface area contributed by atoms with Gasteiger partial charge in [-0.3, -0.25) is 4.79 Å². The minimum absolute atomic E-state index is 0.104. The van der Waals surface area contributed by atoms with Crippen molar-refractivity contribution in [3.63, 3.8) is 0 Å². The minimum atomic E-state index is 0.104. The van der Waals surface area contributed by atoms with Gasteiger partial charge < -0.3 is 4.74 Å². The number of methoxy groups -OCH3 is 1. The van der Waals surface area contributed by atoms with Crippen molar-refractivity contribution in [2.75, 3.05) is 7.11 Å². The number of carbonyl (C=O) groups excluding carboxylic acids is 1. The van der Waals surface area contributed by atoms with Crippen LogP contribution in [0.4, 0.5) is 0 Å². The molecule has 0 bridgehead atoms. The number of ether oxygens (including phenoxy) is 1. The van der Waals surface area contributed by atoms with Crippen molar-refractivity contribution >= 4 is 11.4 Å². The fraction of sp³-hybridized carbons (Fsp3) is 0.654. The lowest BCUT2D eigenvalue weighted by Gasteiger charge is -2.27. The number of hydrogen-bond acceptors (Lipinski definition) is 2. The maximum absolute atomic E-state index is 12.9. The van der Waals surface area contributed by atoms with Gasteiger partial charge in [-0.25, -0.2) is 0 Å². The van der Waals surface area contributed by atoms with Gasteiger partial charge in [0.15, 0.2) is 5.78 Å². The van der Waals surface area contributed by atoms with Crippen molar-refractivity contribution in [1.82, 2.24) is 0 Å². The molecular formula is C26H38O2. The summed E-state index contributed by atoms with van der Waals surface area (Å²) in [5.41, 5.74) is 2.10. The van der Waals surface area contributed by atoms with Crippen LogP contribution in [0.25, 0.3) is 5.57 Å². The lowest BCUT2D eigenvalue weighted by Crippen LogP contribution is -2.17. The van der Waals surface area contributed by atoms with Crippen molar-refractivity contribution in [1.29, 1.82) is 0 Å². The fourth-order valence-electron chi connectivity index (χ4n) is 5.04. The molecule has 1 saturated carbocycles. The number of carbonyl (C=O) groups is 1. The summed E-state index contributed by atoms with van der Waals surface area (Å²) in [5.74, 6) is 1.18. The Hall–Kier alpha value is -1.57. The van der Waals surface area contributed by atoms with Gasteiger partial charge in [0.1, 0.15) is 5.75 Å². The van der Waals surface area contributed by atoms with Crippen molar-refractivity contribution in [2.24, 2.45) is 5.41 Å². The summed E-state index contributed by atoms with van der Waals surface area (Å²) in [5, 5.41) is 0. The summed E-state index contributed by atoms with van der Waals surface area (Å²) in [6.07, 6.45) is 21.8. The maximum atomic E-state index is 12.9. The fourth-order valence-corrected chi connectivity index (χ4v) is 5.04. The minimum Gasteiger partial charge on any atom is -0.497 e. The van der Waals surface area contributed by atoms with Crippen molar-refractivity contribution in [2.45, 2.75) is 96.3 Å². The second-order valence-electron chi connectivity index (χ2n) is 8.99. The third kappa shape index (κ3) is 5.96. The third-order valence-corrected chi connectivity index (χ3v) is 6.76. The Balaban J connectivity index is 1.70. The molecule has 0 N–H and O–H groups in total. The molecule has 0 aliphatic heterocycles. The zero-order valence-corrected chi connectivity index (χ0v) is 17.8. The van der Waals surface area contributed by atoms with Crippen LogP contribution < -0.4 is 4.74 Å². The molecule has 1 aromatic carbocycles. The predicted octanol–water partition coefficient (Wildman–Crippen LogP) is 7.51. The average Bonchev–Trinajstić information content (AvgIpc) is 3.04. The van der Waals surface area contributed by atoms with Crippen molar-refractivity contribution in [3.05, 3.63) is 35.9 Å². The van der Waals surface area contributed by atoms with E-state index >= 15 is 0 Å². The Morgan fingerprint density at radius 2 is 1.18 bits per heavy atom. The van der Waals surface area contributed by atoms with Crippen LogP contribution in [-0.4, -0.2) is 12.9 Å². The van der Waals surface area contributed by atoms with Crippen LogP contribution in [0.5, 0.6) is 5.75 Å². The molecule has 154 valence electrons. The predicted molar refractivity (Wildman–Crippen MR) is 118 cm³/mol. The van der Waals surface area contributed by atoms with E-state index in [1.807, 2.05) is 24.3 Å². The molecule has 2 aliphatic carbocycles. The Bertz CT molecular complexity index is 625. The smallest absolute Gasteiger partial charge is 0.164 e. The first kappa shape index (κ1) is 21.1. The molecule has 0 amide bonds. The highest BCUT2D eigenvalue weighted by atomic mass is 16.5. The van der Waals surface area contributed by atoms with E-state index in [0.717, 1.165) is 16.9 Å². The highest BCUT2D eigenvalue weighted by Crippen LogP contribution is 2.46. The standard InChI is InChI=1S/C26H38O2/c1-28-23-16-14-22(15-17-23)24-20-26(21-25(24)27)18-12-10-8-6-4-2-3-5-7-9-11-13-19-26/h14-17,20H,2-13,18-19,21H2,1H3. The van der Waals surface area contributed by atoms with Gasteiger partial charge in [-0.05, 0) is 36.0 Å². The van der Waals surface area contributed by atoms with E-state index in [4.69, 9.17) is 4.74 Å². The third-order valence-electron chi connectivity index (χ3n) is 6.76. The van der Waals surface area contributed by atoms with Gasteiger partial charge in [0, 0.05) is 12.0 Å². The van der Waals surface area contributed by atoms with Crippen LogP contribution in [0.2, 0.25) is 0 Å². The number of allylic oxidation sites excluding steroid dienone is 2. The van der Waals surface area contributed by atoms with Crippen LogP contribution in [0.15, 0.2) is 30.3 Å². The van der Waals surface area contributed by atoms with Crippen LogP contribution in [0.1, 0.15) is 102 Å². The van der Waals surface area contributed by atoms with Crippen LogP contribution >= 0.6 is 0 Å². The SMILES string of the molecule is COc1ccc(C2=CC3(CCCCCCCCCCCCCC3)CC2=O)cc1. The monoisotopic (exact) mass is 382 g/mol. The first-order valence-corrected chi connectivity index (χ1v) is 11.6. The van der Waals surface area contributed by atoms with Crippen LogP contribution in [0, 0.1) is 5.41 Å². The Morgan fingerprint density at radius 3 is 1.64 bits per heavy atom. The van der Waals surface area contributed by atoms with Gasteiger partial charge in [0.05, 0.1) is 7.11 Å². The molecule has 2 aliphatic rings. The van der Waals surface area contributed by atoms with Gasteiger partial charge >= 0.3 is 0 Å². The molecule has 0 atom stereocenters. The Labute approximate surface area is 171 Å². The number of Topliss-reactive ketones (excluding diaryl/α,β-unsaturated/α-hetero) is 1. The van der Waals surface area contributed by atoms with Gasteiger partial charge in [0.2, 0.25) is 0 Å². The molecule has 28 heavy (non-hydrogen) atoms. The summed E-state index contributed by atoms with van der Waals surface area (Å²) < 4.78 is 5.27. The number of ketones is 1. The number of benzene rings is 1. The van der Waals surface area contributed by atoms with Crippen molar-refractivity contribution < 1.29 is 9.53 Å². The van der Waals surface area contributed by atoms with Crippen LogP contribution in [-0.2, 0) is 4.79 Å². The Kier molecular flexibility index (Phi) is 8.18. The quantitative estimate of drug-likeness (QED) is 0.529. The normalized spacial score (nSPS) is 22.3. The van der Waals surface area contributed by atoms with E-state index in [-0.39, 0.29) is 5.41 Å². The van der Waals surface area contributed by atoms with E-state index in [2.05, 4.69) is 6.08 Å². The lowest BCUT2D eigenvalue weighted by atomic mass is 9.77. The molecule has 2 heteroatoms. The Morgan fingerprint density at radius 1 is 0.714 bits per heavy atom. The first-order valence-electron chi connectivity index (χ1n) is 11.6. The summed E-state index contributed by atoms with van der Waals surface area (Å²) >= 11 is 0. The number of hydrogen-bond donors (Lipinski definition) is 0.